The van der Waals surface area contributed by atoms with Gasteiger partial charge in [-0.1, -0.05) is 11.6 Å². The van der Waals surface area contributed by atoms with E-state index in [0.29, 0.717) is 17.3 Å². The Morgan fingerprint density at radius 1 is 1.00 bits per heavy atom. The third kappa shape index (κ3) is 6.88. The molecule has 1 aromatic rings. The molecule has 0 radical (unpaired) electrons. The number of rotatable bonds is 5. The summed E-state index contributed by atoms with van der Waals surface area (Å²) in [7, 11) is 0. The minimum Gasteiger partial charge on any atom is -0.484 e. The number of ether oxygens (including phenoxy) is 1. The number of hydrogen-bond donors (Lipinski definition) is 3. The molecule has 1 aliphatic heterocycles. The lowest BCUT2D eigenvalue weighted by molar-refractivity contribution is -0.891. The average molecular weight is 341 g/mol. The molecule has 1 aromatic carbocycles. The van der Waals surface area contributed by atoms with Gasteiger partial charge in [0.1, 0.15) is 5.75 Å². The van der Waals surface area contributed by atoms with Gasteiger partial charge < -0.3 is 9.64 Å². The molecular formula is C16H23ClN3O3+. The number of amides is 2. The van der Waals surface area contributed by atoms with Crippen LogP contribution in [0.25, 0.3) is 0 Å². The first kappa shape index (κ1) is 17.6. The summed E-state index contributed by atoms with van der Waals surface area (Å²) in [6, 6.07) is 6.72. The lowest BCUT2D eigenvalue weighted by Crippen LogP contribution is -3.13. The quantitative estimate of drug-likeness (QED) is 0.676. The SMILES string of the molecule is O=C(COc1ccc(Cl)cc1)NNC(=O)C[NH+]1CCCCCC1. The van der Waals surface area contributed by atoms with Crippen molar-refractivity contribution >= 4 is 23.4 Å². The van der Waals surface area contributed by atoms with E-state index >= 15 is 0 Å². The summed E-state index contributed by atoms with van der Waals surface area (Å²) in [6.45, 7) is 2.25. The molecule has 2 amide bonds. The standard InChI is InChI=1S/C16H22ClN3O3/c17-13-5-7-14(8-6-13)23-12-16(22)19-18-15(21)11-20-9-3-1-2-4-10-20/h5-8H,1-4,9-12H2,(H,18,21)(H,19,22)/p+1. The van der Waals surface area contributed by atoms with Gasteiger partial charge >= 0.3 is 0 Å². The zero-order valence-corrected chi connectivity index (χ0v) is 13.8. The molecule has 0 aromatic heterocycles. The molecule has 1 saturated heterocycles. The van der Waals surface area contributed by atoms with Crippen molar-refractivity contribution in [1.29, 1.82) is 0 Å². The summed E-state index contributed by atoms with van der Waals surface area (Å²) in [4.78, 5) is 24.8. The molecule has 1 aliphatic rings. The van der Waals surface area contributed by atoms with Crippen molar-refractivity contribution < 1.29 is 19.2 Å². The smallest absolute Gasteiger partial charge is 0.293 e. The van der Waals surface area contributed by atoms with Crippen molar-refractivity contribution in [3.8, 4) is 5.75 Å². The molecule has 1 heterocycles. The number of quaternary nitrogens is 1. The molecule has 0 atom stereocenters. The van der Waals surface area contributed by atoms with Gasteiger partial charge in [0.25, 0.3) is 11.8 Å². The predicted octanol–water partition coefficient (Wildman–Crippen LogP) is 0.325. The van der Waals surface area contributed by atoms with E-state index in [1.165, 1.54) is 17.7 Å². The van der Waals surface area contributed by atoms with Crippen LogP contribution in [0.2, 0.25) is 5.02 Å². The molecular weight excluding hydrogens is 318 g/mol. The molecule has 6 nitrogen and oxygen atoms in total. The topological polar surface area (TPSA) is 71.9 Å². The molecule has 3 N–H and O–H groups in total. The second-order valence-corrected chi connectivity index (χ2v) is 6.12. The fraction of sp³-hybridized carbons (Fsp3) is 0.500. The van der Waals surface area contributed by atoms with E-state index < -0.39 is 5.91 Å². The van der Waals surface area contributed by atoms with Crippen LogP contribution in [-0.4, -0.2) is 38.1 Å². The van der Waals surface area contributed by atoms with Crippen LogP contribution in [0.5, 0.6) is 5.75 Å². The maximum absolute atomic E-state index is 11.8. The number of likely N-dealkylation sites (tertiary alicyclic amines) is 1. The number of carbonyl (C=O) groups excluding carboxylic acids is 2. The number of benzene rings is 1. The average Bonchev–Trinajstić information content (AvgIpc) is 2.81. The van der Waals surface area contributed by atoms with Crippen molar-refractivity contribution in [2.24, 2.45) is 0 Å². The van der Waals surface area contributed by atoms with Gasteiger partial charge in [0.05, 0.1) is 13.1 Å². The Morgan fingerprint density at radius 3 is 2.26 bits per heavy atom. The van der Waals surface area contributed by atoms with Crippen molar-refractivity contribution in [1.82, 2.24) is 10.9 Å². The normalized spacial score (nSPS) is 15.5. The van der Waals surface area contributed by atoms with Crippen LogP contribution in [0.4, 0.5) is 0 Å². The summed E-state index contributed by atoms with van der Waals surface area (Å²) in [6.07, 6.45) is 4.79. The van der Waals surface area contributed by atoms with Gasteiger partial charge in [-0.3, -0.25) is 20.4 Å². The fourth-order valence-corrected chi connectivity index (χ4v) is 2.66. The lowest BCUT2D eigenvalue weighted by Gasteiger charge is -2.16. The maximum atomic E-state index is 11.8. The number of carbonyl (C=O) groups is 2. The Kier molecular flexibility index (Phi) is 7.16. The minimum atomic E-state index is -0.404. The number of halogens is 1. The monoisotopic (exact) mass is 340 g/mol. The number of hydrazine groups is 1. The highest BCUT2D eigenvalue weighted by Crippen LogP contribution is 2.15. The molecule has 7 heteroatoms. The van der Waals surface area contributed by atoms with Gasteiger partial charge in [-0.05, 0) is 49.9 Å². The van der Waals surface area contributed by atoms with Crippen molar-refractivity contribution in [2.45, 2.75) is 25.7 Å². The van der Waals surface area contributed by atoms with Crippen LogP contribution in [0.15, 0.2) is 24.3 Å². The van der Waals surface area contributed by atoms with Gasteiger partial charge in [0.15, 0.2) is 13.2 Å². The van der Waals surface area contributed by atoms with Crippen LogP contribution >= 0.6 is 11.6 Å². The van der Waals surface area contributed by atoms with Crippen LogP contribution in [0.1, 0.15) is 25.7 Å². The van der Waals surface area contributed by atoms with Gasteiger partial charge in [-0.2, -0.15) is 0 Å². The van der Waals surface area contributed by atoms with E-state index in [1.807, 2.05) is 0 Å². The second kappa shape index (κ2) is 9.37. The zero-order valence-electron chi connectivity index (χ0n) is 13.1. The first-order valence-electron chi connectivity index (χ1n) is 7.93. The fourth-order valence-electron chi connectivity index (χ4n) is 2.53. The van der Waals surface area contributed by atoms with E-state index in [2.05, 4.69) is 10.9 Å². The highest BCUT2D eigenvalue weighted by molar-refractivity contribution is 6.30. The van der Waals surface area contributed by atoms with E-state index in [4.69, 9.17) is 16.3 Å². The van der Waals surface area contributed by atoms with E-state index in [1.54, 1.807) is 24.3 Å². The van der Waals surface area contributed by atoms with Crippen molar-refractivity contribution in [3.05, 3.63) is 29.3 Å². The Labute approximate surface area is 141 Å². The van der Waals surface area contributed by atoms with Crippen LogP contribution in [0.3, 0.4) is 0 Å². The molecule has 0 spiro atoms. The van der Waals surface area contributed by atoms with Gasteiger partial charge in [0, 0.05) is 5.02 Å². The summed E-state index contributed by atoms with van der Waals surface area (Å²) >= 11 is 5.76. The van der Waals surface area contributed by atoms with Crippen LogP contribution in [-0.2, 0) is 9.59 Å². The second-order valence-electron chi connectivity index (χ2n) is 5.68. The molecule has 0 aliphatic carbocycles. The summed E-state index contributed by atoms with van der Waals surface area (Å²) < 4.78 is 5.29. The third-order valence-electron chi connectivity index (χ3n) is 3.75. The molecule has 1 fully saturated rings. The third-order valence-corrected chi connectivity index (χ3v) is 4.00. The van der Waals surface area contributed by atoms with E-state index in [9.17, 15) is 9.59 Å². The Bertz CT molecular complexity index is 514. The summed E-state index contributed by atoms with van der Waals surface area (Å²) in [5.41, 5.74) is 4.80. The summed E-state index contributed by atoms with van der Waals surface area (Å²) in [5, 5.41) is 0.602. The number of hydrogen-bond acceptors (Lipinski definition) is 3. The van der Waals surface area contributed by atoms with Crippen molar-refractivity contribution in [2.75, 3.05) is 26.2 Å². The van der Waals surface area contributed by atoms with Crippen LogP contribution < -0.4 is 20.5 Å². The minimum absolute atomic E-state index is 0.168. The lowest BCUT2D eigenvalue weighted by atomic mass is 10.2. The highest BCUT2D eigenvalue weighted by Gasteiger charge is 2.16. The molecule has 2 rings (SSSR count). The summed E-state index contributed by atoms with van der Waals surface area (Å²) in [5.74, 6) is -0.0363. The van der Waals surface area contributed by atoms with Gasteiger partial charge in [-0.15, -0.1) is 0 Å². The van der Waals surface area contributed by atoms with E-state index in [0.717, 1.165) is 25.9 Å². The first-order chi connectivity index (χ1) is 11.1. The largest absolute Gasteiger partial charge is 0.484 e. The molecule has 0 bridgehead atoms. The predicted molar refractivity (Wildman–Crippen MR) is 87.3 cm³/mol. The van der Waals surface area contributed by atoms with Crippen LogP contribution in [0, 0.1) is 0 Å². The van der Waals surface area contributed by atoms with E-state index in [-0.39, 0.29) is 12.5 Å². The Hall–Kier alpha value is -1.79. The van der Waals surface area contributed by atoms with Gasteiger partial charge in [-0.25, -0.2) is 0 Å². The number of nitrogens with one attached hydrogen (secondary N) is 3. The van der Waals surface area contributed by atoms with Gasteiger partial charge in [0.2, 0.25) is 0 Å². The highest BCUT2D eigenvalue weighted by atomic mass is 35.5. The maximum Gasteiger partial charge on any atom is 0.293 e. The van der Waals surface area contributed by atoms with Crippen molar-refractivity contribution in [3.63, 3.8) is 0 Å². The molecule has 0 saturated carbocycles. The Balaban J connectivity index is 1.63. The zero-order chi connectivity index (χ0) is 16.5. The molecule has 23 heavy (non-hydrogen) atoms. The first-order valence-corrected chi connectivity index (χ1v) is 8.31. The Morgan fingerprint density at radius 2 is 1.61 bits per heavy atom. The molecule has 126 valence electrons. The molecule has 0 unspecified atom stereocenters.